The second-order valence-electron chi connectivity index (χ2n) is 17.5. The van der Waals surface area contributed by atoms with E-state index in [0.717, 1.165) is 50.3 Å². The average molecular weight is 875 g/mol. The molecule has 12 heteroatoms. The zero-order valence-corrected chi connectivity index (χ0v) is 37.4. The van der Waals surface area contributed by atoms with Crippen LogP contribution in [0.1, 0.15) is 52.0 Å². The Bertz CT molecular complexity index is 2880. The van der Waals surface area contributed by atoms with Crippen molar-refractivity contribution in [2.24, 2.45) is 5.92 Å². The number of anilines is 3. The molecule has 0 aliphatic carbocycles. The van der Waals surface area contributed by atoms with E-state index in [1.54, 1.807) is 12.0 Å². The SMILES string of the molecule is COc1ccc([Si](C)(C)[C@@H]2[C@@H](CCn3cc(C(CO)c4ccccc4)nn3)O[C@]3(C(=O)N(Cc4cccc(N5C(=O)c6cccc7cccc5c67)c4)c4ccc(Cl)cc43)[C@H]2C)cc1. The topological polar surface area (TPSA) is 110 Å². The highest BCUT2D eigenvalue weighted by atomic mass is 35.5. The quantitative estimate of drug-likeness (QED) is 0.122. The van der Waals surface area contributed by atoms with Crippen molar-refractivity contribution in [3.63, 3.8) is 0 Å². The summed E-state index contributed by atoms with van der Waals surface area (Å²) in [5.41, 5.74) is 5.01. The van der Waals surface area contributed by atoms with Gasteiger partial charge < -0.3 is 19.5 Å². The number of benzene rings is 6. The van der Waals surface area contributed by atoms with Crippen LogP contribution in [0, 0.1) is 5.92 Å². The van der Waals surface area contributed by atoms with Crippen LogP contribution >= 0.6 is 11.6 Å². The fourth-order valence-corrected chi connectivity index (χ4v) is 15.0. The van der Waals surface area contributed by atoms with Crippen LogP contribution in [-0.2, 0) is 28.2 Å². The Balaban J connectivity index is 0.995. The van der Waals surface area contributed by atoms with Crippen LogP contribution in [0.15, 0.2) is 140 Å². The lowest BCUT2D eigenvalue weighted by Gasteiger charge is -2.37. The third-order valence-electron chi connectivity index (χ3n) is 13.8. The first-order valence-electron chi connectivity index (χ1n) is 21.5. The van der Waals surface area contributed by atoms with E-state index in [2.05, 4.69) is 42.5 Å². The zero-order chi connectivity index (χ0) is 43.6. The number of ether oxygens (including phenoxy) is 2. The van der Waals surface area contributed by atoms with Crippen molar-refractivity contribution in [2.75, 3.05) is 23.5 Å². The van der Waals surface area contributed by atoms with Gasteiger partial charge >= 0.3 is 0 Å². The first kappa shape index (κ1) is 40.9. The molecule has 6 aromatic carbocycles. The minimum absolute atomic E-state index is 0.00650. The van der Waals surface area contributed by atoms with Crippen molar-refractivity contribution in [3.05, 3.63) is 173 Å². The molecule has 3 aliphatic rings. The van der Waals surface area contributed by atoms with E-state index in [4.69, 9.17) is 21.1 Å². The fourth-order valence-electron chi connectivity index (χ4n) is 10.8. The Labute approximate surface area is 372 Å². The van der Waals surface area contributed by atoms with E-state index in [9.17, 15) is 9.90 Å². The van der Waals surface area contributed by atoms with Crippen LogP contribution in [0.5, 0.6) is 5.75 Å². The van der Waals surface area contributed by atoms with E-state index in [1.807, 2.05) is 137 Å². The Hall–Kier alpha value is -6.11. The van der Waals surface area contributed by atoms with Gasteiger partial charge in [-0.1, -0.05) is 121 Å². The Morgan fingerprint density at radius 3 is 2.41 bits per heavy atom. The van der Waals surface area contributed by atoms with Gasteiger partial charge in [-0.15, -0.1) is 5.10 Å². The third kappa shape index (κ3) is 6.68. The number of hydrogen-bond donors (Lipinski definition) is 1. The van der Waals surface area contributed by atoms with Crippen molar-refractivity contribution in [3.8, 4) is 5.75 Å². The molecule has 10 nitrogen and oxygen atoms in total. The molecule has 1 N–H and O–H groups in total. The minimum atomic E-state index is -2.44. The average Bonchev–Trinajstić information content (AvgIpc) is 4.03. The van der Waals surface area contributed by atoms with Gasteiger partial charge in [-0.05, 0) is 83.1 Å². The second kappa shape index (κ2) is 15.9. The summed E-state index contributed by atoms with van der Waals surface area (Å²) < 4.78 is 14.8. The predicted molar refractivity (Wildman–Crippen MR) is 249 cm³/mol. The maximum absolute atomic E-state index is 15.6. The summed E-state index contributed by atoms with van der Waals surface area (Å²) in [6, 6.07) is 43.6. The molecular weight excluding hydrogens is 826 g/mol. The minimum Gasteiger partial charge on any atom is -0.497 e. The van der Waals surface area contributed by atoms with Crippen LogP contribution < -0.4 is 19.7 Å². The lowest BCUT2D eigenvalue weighted by atomic mass is 9.82. The molecule has 318 valence electrons. The maximum atomic E-state index is 15.6. The van der Waals surface area contributed by atoms with Crippen LogP contribution in [0.2, 0.25) is 23.7 Å². The number of nitrogens with zero attached hydrogens (tertiary/aromatic N) is 5. The van der Waals surface area contributed by atoms with Gasteiger partial charge in [0.2, 0.25) is 0 Å². The van der Waals surface area contributed by atoms with Crippen LogP contribution in [0.4, 0.5) is 17.1 Å². The zero-order valence-electron chi connectivity index (χ0n) is 35.6. The normalized spacial score (nSPS) is 20.9. The number of carbonyl (C=O) groups is 2. The highest BCUT2D eigenvalue weighted by molar-refractivity contribution is 6.91. The number of methoxy groups -OCH3 is 1. The van der Waals surface area contributed by atoms with Crippen molar-refractivity contribution in [1.29, 1.82) is 0 Å². The van der Waals surface area contributed by atoms with Gasteiger partial charge in [0.15, 0.2) is 5.60 Å². The number of halogens is 1. The Kier molecular flexibility index (Phi) is 10.3. The molecule has 7 aromatic rings. The molecule has 1 spiro atoms. The van der Waals surface area contributed by atoms with E-state index >= 15 is 4.79 Å². The third-order valence-corrected chi connectivity index (χ3v) is 18.4. The van der Waals surface area contributed by atoms with Crippen molar-refractivity contribution in [1.82, 2.24) is 15.0 Å². The number of aliphatic hydroxyl groups is 1. The molecule has 4 heterocycles. The summed E-state index contributed by atoms with van der Waals surface area (Å²) >= 11 is 6.82. The molecule has 0 radical (unpaired) electrons. The summed E-state index contributed by atoms with van der Waals surface area (Å²) in [7, 11) is -0.768. The number of aliphatic hydroxyl groups excluding tert-OH is 1. The summed E-state index contributed by atoms with van der Waals surface area (Å²) in [6.07, 6.45) is 2.15. The van der Waals surface area contributed by atoms with E-state index in [0.29, 0.717) is 29.2 Å². The van der Waals surface area contributed by atoms with Crippen LogP contribution in [0.25, 0.3) is 10.8 Å². The number of fused-ring (bicyclic) bond motifs is 2. The fraction of sp³-hybridized carbons (Fsp3) is 0.255. The summed E-state index contributed by atoms with van der Waals surface area (Å²) in [6.45, 7) is 7.57. The van der Waals surface area contributed by atoms with Gasteiger partial charge in [0.25, 0.3) is 11.8 Å². The smallest absolute Gasteiger partial charge is 0.264 e. The van der Waals surface area contributed by atoms with E-state index in [-0.39, 0.29) is 48.4 Å². The molecule has 1 unspecified atom stereocenters. The molecule has 0 bridgehead atoms. The number of aromatic nitrogens is 3. The first-order valence-corrected chi connectivity index (χ1v) is 24.9. The highest BCUT2D eigenvalue weighted by Gasteiger charge is 2.66. The van der Waals surface area contributed by atoms with Crippen molar-refractivity contribution < 1.29 is 24.2 Å². The monoisotopic (exact) mass is 873 g/mol. The van der Waals surface area contributed by atoms with Gasteiger partial charge in [0.1, 0.15) is 5.75 Å². The van der Waals surface area contributed by atoms with Crippen LogP contribution in [-0.4, -0.2) is 59.8 Å². The lowest BCUT2D eigenvalue weighted by Crippen LogP contribution is -2.51. The second-order valence-corrected chi connectivity index (χ2v) is 22.7. The van der Waals surface area contributed by atoms with Gasteiger partial charge in [0, 0.05) is 40.3 Å². The molecule has 63 heavy (non-hydrogen) atoms. The number of amides is 2. The number of hydrogen-bond acceptors (Lipinski definition) is 7. The van der Waals surface area contributed by atoms with Crippen LogP contribution in [0.3, 0.4) is 0 Å². The Morgan fingerprint density at radius 2 is 1.65 bits per heavy atom. The number of aryl methyl sites for hydroxylation is 1. The summed E-state index contributed by atoms with van der Waals surface area (Å²) in [5.74, 6) is 0.0460. The number of rotatable bonds is 12. The predicted octanol–water partition coefficient (Wildman–Crippen LogP) is 9.36. The van der Waals surface area contributed by atoms with Gasteiger partial charge in [0.05, 0.1) is 63.0 Å². The van der Waals surface area contributed by atoms with Gasteiger partial charge in [-0.2, -0.15) is 0 Å². The maximum Gasteiger partial charge on any atom is 0.264 e. The number of carbonyl (C=O) groups excluding carboxylic acids is 2. The summed E-state index contributed by atoms with van der Waals surface area (Å²) in [5, 5.41) is 23.1. The molecule has 10 rings (SSSR count). The molecule has 2 amide bonds. The molecule has 1 fully saturated rings. The molecule has 1 saturated heterocycles. The lowest BCUT2D eigenvalue weighted by molar-refractivity contribution is -0.146. The molecule has 5 atom stereocenters. The van der Waals surface area contributed by atoms with E-state index in [1.165, 1.54) is 5.19 Å². The van der Waals surface area contributed by atoms with Gasteiger partial charge in [-0.25, -0.2) is 0 Å². The largest absolute Gasteiger partial charge is 0.497 e. The molecule has 0 saturated carbocycles. The first-order chi connectivity index (χ1) is 30.5. The van der Waals surface area contributed by atoms with Gasteiger partial charge in [-0.3, -0.25) is 19.2 Å². The molecule has 3 aliphatic heterocycles. The Morgan fingerprint density at radius 1 is 0.889 bits per heavy atom. The van der Waals surface area contributed by atoms with Crippen molar-refractivity contribution >= 4 is 64.5 Å². The van der Waals surface area contributed by atoms with Crippen molar-refractivity contribution in [2.45, 2.75) is 62.7 Å². The standard InChI is InChI=1S/C51H48ClN5O5Si/c1-32-48(63(3,4)39-22-20-38(61-2)21-23-39)46(25-26-55-30-43(53-54-55)41(31-58)34-12-6-5-7-13-34)62-51(32)42-28-36(52)19-24-44(42)56(50(51)60)29-33-11-8-16-37(27-33)57-45-18-10-15-35-14-9-17-40(47(35)45)49(57)59/h5-24,27-28,30,32,41,46,48,58H,25-26,29,31H2,1-4H3/t32-,41?,46+,48-,51+/m0/s1. The van der Waals surface area contributed by atoms with E-state index < -0.39 is 13.7 Å². The molecular formula is C51H48ClN5O5Si. The molecule has 1 aromatic heterocycles. The highest BCUT2D eigenvalue weighted by Crippen LogP contribution is 2.60. The summed E-state index contributed by atoms with van der Waals surface area (Å²) in [4.78, 5) is 33.1.